The van der Waals surface area contributed by atoms with E-state index in [4.69, 9.17) is 11.6 Å². The van der Waals surface area contributed by atoms with Gasteiger partial charge in [0.05, 0.1) is 16.6 Å². The number of rotatable bonds is 2. The zero-order chi connectivity index (χ0) is 11.7. The Labute approximate surface area is 106 Å². The monoisotopic (exact) mass is 305 g/mol. The van der Waals surface area contributed by atoms with Crippen LogP contribution < -0.4 is 5.32 Å². The highest BCUT2D eigenvalue weighted by Gasteiger charge is 2.26. The van der Waals surface area contributed by atoms with Crippen molar-refractivity contribution in [3.63, 3.8) is 0 Å². The highest BCUT2D eigenvalue weighted by molar-refractivity contribution is 9.10. The maximum absolute atomic E-state index is 13.8. The van der Waals surface area contributed by atoms with Crippen molar-refractivity contribution in [1.82, 2.24) is 5.32 Å². The molecule has 0 radical (unpaired) electrons. The van der Waals surface area contributed by atoms with E-state index in [1.54, 1.807) is 6.07 Å². The predicted molar refractivity (Wildman–Crippen MR) is 64.5 cm³/mol. The number of benzene rings is 1. The normalized spacial score (nSPS) is 20.1. The van der Waals surface area contributed by atoms with E-state index in [-0.39, 0.29) is 22.4 Å². The van der Waals surface area contributed by atoms with Gasteiger partial charge in [0.1, 0.15) is 0 Å². The number of halogens is 3. The average molecular weight is 307 g/mol. The quantitative estimate of drug-likeness (QED) is 0.671. The molecule has 1 unspecified atom stereocenters. The van der Waals surface area contributed by atoms with E-state index in [9.17, 15) is 9.18 Å². The van der Waals surface area contributed by atoms with Crippen LogP contribution >= 0.6 is 27.5 Å². The summed E-state index contributed by atoms with van der Waals surface area (Å²) in [5.74, 6) is -0.862. The van der Waals surface area contributed by atoms with Crippen molar-refractivity contribution in [2.45, 2.75) is 18.9 Å². The Morgan fingerprint density at radius 1 is 1.56 bits per heavy atom. The van der Waals surface area contributed by atoms with E-state index >= 15 is 0 Å². The fourth-order valence-electron chi connectivity index (χ4n) is 1.81. The number of hydrogen-bond donors (Lipinski definition) is 1. The zero-order valence-corrected chi connectivity index (χ0v) is 10.7. The molecule has 1 atom stereocenters. The second-order valence-corrected chi connectivity index (χ2v) is 4.97. The van der Waals surface area contributed by atoms with Gasteiger partial charge in [-0.2, -0.15) is 0 Å². The van der Waals surface area contributed by atoms with E-state index in [1.807, 2.05) is 0 Å². The maximum atomic E-state index is 13.8. The van der Waals surface area contributed by atoms with Crippen LogP contribution in [0.1, 0.15) is 23.2 Å². The largest absolute Gasteiger partial charge is 0.307 e. The molecule has 5 heteroatoms. The molecule has 2 rings (SSSR count). The zero-order valence-electron chi connectivity index (χ0n) is 8.40. The van der Waals surface area contributed by atoms with Gasteiger partial charge < -0.3 is 5.32 Å². The summed E-state index contributed by atoms with van der Waals surface area (Å²) < 4.78 is 14.2. The maximum Gasteiger partial charge on any atom is 0.182 e. The third-order valence-electron chi connectivity index (χ3n) is 2.68. The van der Waals surface area contributed by atoms with Crippen molar-refractivity contribution in [3.05, 3.63) is 33.0 Å². The Bertz CT molecular complexity index is 432. The molecule has 1 fully saturated rings. The van der Waals surface area contributed by atoms with Gasteiger partial charge in [-0.25, -0.2) is 4.39 Å². The first-order valence-electron chi connectivity index (χ1n) is 5.02. The Hall–Kier alpha value is -0.450. The van der Waals surface area contributed by atoms with Gasteiger partial charge >= 0.3 is 0 Å². The molecule has 1 heterocycles. The average Bonchev–Trinajstić information content (AvgIpc) is 2.79. The van der Waals surface area contributed by atoms with Gasteiger partial charge in [-0.3, -0.25) is 4.79 Å². The van der Waals surface area contributed by atoms with Crippen molar-refractivity contribution in [3.8, 4) is 0 Å². The molecule has 1 aromatic carbocycles. The van der Waals surface area contributed by atoms with Crippen LogP contribution in [0.2, 0.25) is 5.02 Å². The minimum absolute atomic E-state index is 0.0381. The summed E-state index contributed by atoms with van der Waals surface area (Å²) in [5, 5.41) is 3.01. The van der Waals surface area contributed by atoms with Crippen molar-refractivity contribution < 1.29 is 9.18 Å². The molecule has 0 amide bonds. The second kappa shape index (κ2) is 4.82. The highest BCUT2D eigenvalue weighted by atomic mass is 79.9. The predicted octanol–water partition coefficient (Wildman–Crippen LogP) is 3.18. The first-order chi connectivity index (χ1) is 7.61. The van der Waals surface area contributed by atoms with Crippen molar-refractivity contribution >= 4 is 33.3 Å². The van der Waals surface area contributed by atoms with E-state index in [0.717, 1.165) is 19.4 Å². The van der Waals surface area contributed by atoms with E-state index in [1.165, 1.54) is 6.07 Å². The van der Waals surface area contributed by atoms with Gasteiger partial charge in [-0.1, -0.05) is 11.6 Å². The minimum Gasteiger partial charge on any atom is -0.307 e. The van der Waals surface area contributed by atoms with Gasteiger partial charge in [0.15, 0.2) is 11.6 Å². The van der Waals surface area contributed by atoms with E-state index in [0.29, 0.717) is 4.47 Å². The van der Waals surface area contributed by atoms with Crippen LogP contribution in [0.3, 0.4) is 0 Å². The summed E-state index contributed by atoms with van der Waals surface area (Å²) in [7, 11) is 0. The molecule has 1 aromatic rings. The molecule has 1 N–H and O–H groups in total. The van der Waals surface area contributed by atoms with Crippen LogP contribution in [-0.2, 0) is 0 Å². The van der Waals surface area contributed by atoms with Gasteiger partial charge in [0, 0.05) is 4.47 Å². The lowest BCUT2D eigenvalue weighted by molar-refractivity contribution is 0.0948. The Kier molecular flexibility index (Phi) is 3.62. The summed E-state index contributed by atoms with van der Waals surface area (Å²) in [4.78, 5) is 12.0. The van der Waals surface area contributed by atoms with Crippen molar-refractivity contribution in [2.24, 2.45) is 0 Å². The van der Waals surface area contributed by atoms with Crippen LogP contribution in [0.25, 0.3) is 0 Å². The topological polar surface area (TPSA) is 29.1 Å². The number of ketones is 1. The standard InChI is InChI=1S/C11H10BrClFNO/c12-7-4-3-6(10(14)9(7)13)11(16)8-2-1-5-15-8/h3-4,8,15H,1-2,5H2. The number of carbonyl (C=O) groups excluding carboxylic acids is 1. The van der Waals surface area contributed by atoms with Crippen molar-refractivity contribution in [1.29, 1.82) is 0 Å². The molecule has 16 heavy (non-hydrogen) atoms. The van der Waals surface area contributed by atoms with Gasteiger partial charge in [0.25, 0.3) is 0 Å². The molecule has 0 aliphatic carbocycles. The summed E-state index contributed by atoms with van der Waals surface area (Å²) in [5.41, 5.74) is 0.0626. The van der Waals surface area contributed by atoms with E-state index < -0.39 is 5.82 Å². The number of carbonyl (C=O) groups is 1. The molecule has 1 aliphatic rings. The number of Topliss-reactive ketones (excluding diaryl/α,β-unsaturated/α-hetero) is 1. The van der Waals surface area contributed by atoms with Crippen LogP contribution in [0, 0.1) is 5.82 Å². The molecule has 0 bridgehead atoms. The summed E-state index contributed by atoms with van der Waals surface area (Å²) in [6.45, 7) is 0.808. The summed E-state index contributed by atoms with van der Waals surface area (Å²) in [6.07, 6.45) is 1.70. The van der Waals surface area contributed by atoms with Gasteiger partial charge in [0.2, 0.25) is 0 Å². The molecule has 86 valence electrons. The van der Waals surface area contributed by atoms with Crippen LogP contribution in [0.5, 0.6) is 0 Å². The van der Waals surface area contributed by atoms with Gasteiger partial charge in [-0.05, 0) is 47.4 Å². The number of nitrogens with one attached hydrogen (secondary N) is 1. The van der Waals surface area contributed by atoms with Crippen LogP contribution in [0.4, 0.5) is 4.39 Å². The molecule has 0 aromatic heterocycles. The van der Waals surface area contributed by atoms with Gasteiger partial charge in [-0.15, -0.1) is 0 Å². The Balaban J connectivity index is 2.33. The fourth-order valence-corrected chi connectivity index (χ4v) is 2.28. The van der Waals surface area contributed by atoms with Crippen LogP contribution in [0.15, 0.2) is 16.6 Å². The lowest BCUT2D eigenvalue weighted by atomic mass is 10.0. The smallest absolute Gasteiger partial charge is 0.182 e. The lowest BCUT2D eigenvalue weighted by Gasteiger charge is -2.10. The van der Waals surface area contributed by atoms with Crippen molar-refractivity contribution in [2.75, 3.05) is 6.54 Å². The van der Waals surface area contributed by atoms with Crippen LogP contribution in [-0.4, -0.2) is 18.4 Å². The summed E-state index contributed by atoms with van der Waals surface area (Å²) in [6, 6.07) is 2.79. The lowest BCUT2D eigenvalue weighted by Crippen LogP contribution is -2.31. The Morgan fingerprint density at radius 3 is 2.94 bits per heavy atom. The molecule has 2 nitrogen and oxygen atoms in total. The number of hydrogen-bond acceptors (Lipinski definition) is 2. The molecule has 1 saturated heterocycles. The third kappa shape index (κ3) is 2.14. The first-order valence-corrected chi connectivity index (χ1v) is 6.19. The molecule has 0 spiro atoms. The molecule has 0 saturated carbocycles. The summed E-state index contributed by atoms with van der Waals surface area (Å²) >= 11 is 8.85. The SMILES string of the molecule is O=C(c1ccc(Br)c(Cl)c1F)C1CCCN1. The molecular weight excluding hydrogens is 296 g/mol. The molecular formula is C11H10BrClFNO. The minimum atomic E-state index is -0.644. The second-order valence-electron chi connectivity index (χ2n) is 3.74. The fraction of sp³-hybridized carbons (Fsp3) is 0.364. The highest BCUT2D eigenvalue weighted by Crippen LogP contribution is 2.28. The van der Waals surface area contributed by atoms with E-state index in [2.05, 4.69) is 21.2 Å². The Morgan fingerprint density at radius 2 is 2.31 bits per heavy atom. The molecule has 1 aliphatic heterocycles. The third-order valence-corrected chi connectivity index (χ3v) is 3.94. The first kappa shape index (κ1) is 12.0.